The molecule has 0 saturated heterocycles. The van der Waals surface area contributed by atoms with Gasteiger partial charge in [0.05, 0.1) is 0 Å². The lowest BCUT2D eigenvalue weighted by Crippen LogP contribution is -1.96. The Balaban J connectivity index is 1.64. The molecule has 2 aromatic rings. The number of benzene rings is 2. The van der Waals surface area contributed by atoms with Gasteiger partial charge < -0.3 is 14.8 Å². The Kier molecular flexibility index (Phi) is 3.55. The van der Waals surface area contributed by atoms with E-state index in [2.05, 4.69) is 5.32 Å². The Morgan fingerprint density at radius 3 is 2.67 bits per heavy atom. The number of fused-ring (bicyclic) bond motifs is 1. The fraction of sp³-hybridized carbons (Fsp3) is 0.0625. The van der Waals surface area contributed by atoms with Crippen LogP contribution < -0.4 is 14.8 Å². The van der Waals surface area contributed by atoms with Crippen LogP contribution in [0.2, 0.25) is 0 Å². The molecule has 0 aromatic heterocycles. The summed E-state index contributed by atoms with van der Waals surface area (Å²) in [4.78, 5) is 11.8. The van der Waals surface area contributed by atoms with Crippen LogP contribution in [0.3, 0.4) is 0 Å². The molecular formula is C16H12FNO3. The van der Waals surface area contributed by atoms with Crippen LogP contribution in [0.15, 0.2) is 54.7 Å². The zero-order valence-electron chi connectivity index (χ0n) is 11.0. The summed E-state index contributed by atoms with van der Waals surface area (Å²) in [6.45, 7) is 0.220. The van der Waals surface area contributed by atoms with Crippen molar-refractivity contribution in [3.05, 3.63) is 66.1 Å². The number of hydrogen-bond donors (Lipinski definition) is 1. The Labute approximate surface area is 120 Å². The number of anilines is 1. The summed E-state index contributed by atoms with van der Waals surface area (Å²) < 4.78 is 23.2. The van der Waals surface area contributed by atoms with Gasteiger partial charge in [0.2, 0.25) is 6.79 Å². The van der Waals surface area contributed by atoms with Gasteiger partial charge in [0, 0.05) is 29.6 Å². The molecule has 21 heavy (non-hydrogen) atoms. The van der Waals surface area contributed by atoms with Gasteiger partial charge >= 0.3 is 0 Å². The molecule has 1 aliphatic rings. The van der Waals surface area contributed by atoms with Gasteiger partial charge in [0.15, 0.2) is 17.3 Å². The first kappa shape index (κ1) is 13.2. The predicted octanol–water partition coefficient (Wildman–Crippen LogP) is 3.36. The average Bonchev–Trinajstić information content (AvgIpc) is 2.95. The maximum absolute atomic E-state index is 12.8. The summed E-state index contributed by atoms with van der Waals surface area (Å²) >= 11 is 0. The molecule has 1 heterocycles. The highest BCUT2D eigenvalue weighted by molar-refractivity contribution is 6.04. The molecule has 1 aliphatic heterocycles. The molecule has 106 valence electrons. The standard InChI is InChI=1S/C16H12FNO3/c17-12-3-1-11(2-4-12)14(19)7-8-18-13-5-6-15-16(9-13)21-10-20-15/h1-9,18H,10H2. The van der Waals surface area contributed by atoms with Gasteiger partial charge in [-0.1, -0.05) is 0 Å². The number of hydrogen-bond acceptors (Lipinski definition) is 4. The second kappa shape index (κ2) is 5.66. The molecule has 0 aliphatic carbocycles. The van der Waals surface area contributed by atoms with Crippen LogP contribution in [0, 0.1) is 5.82 Å². The Morgan fingerprint density at radius 1 is 1.10 bits per heavy atom. The Morgan fingerprint density at radius 2 is 1.86 bits per heavy atom. The lowest BCUT2D eigenvalue weighted by molar-refractivity contribution is 0.104. The highest BCUT2D eigenvalue weighted by Crippen LogP contribution is 2.34. The summed E-state index contributed by atoms with van der Waals surface area (Å²) in [5.74, 6) is 0.794. The molecule has 0 radical (unpaired) electrons. The van der Waals surface area contributed by atoms with Crippen molar-refractivity contribution in [2.75, 3.05) is 12.1 Å². The zero-order chi connectivity index (χ0) is 14.7. The number of ketones is 1. The molecule has 0 spiro atoms. The van der Waals surface area contributed by atoms with Gasteiger partial charge in [-0.3, -0.25) is 4.79 Å². The third-order valence-electron chi connectivity index (χ3n) is 2.99. The molecule has 5 heteroatoms. The van der Waals surface area contributed by atoms with Crippen molar-refractivity contribution in [2.45, 2.75) is 0 Å². The largest absolute Gasteiger partial charge is 0.454 e. The molecule has 0 saturated carbocycles. The third-order valence-corrected chi connectivity index (χ3v) is 2.99. The van der Waals surface area contributed by atoms with Crippen LogP contribution in [0.1, 0.15) is 10.4 Å². The molecule has 0 unspecified atom stereocenters. The Hall–Kier alpha value is -2.82. The van der Waals surface area contributed by atoms with E-state index in [1.165, 1.54) is 36.5 Å². The highest BCUT2D eigenvalue weighted by Gasteiger charge is 2.12. The molecule has 0 amide bonds. The second-order valence-corrected chi connectivity index (χ2v) is 4.42. The zero-order valence-corrected chi connectivity index (χ0v) is 11.0. The van der Waals surface area contributed by atoms with Crippen molar-refractivity contribution < 1.29 is 18.7 Å². The van der Waals surface area contributed by atoms with Crippen molar-refractivity contribution in [3.63, 3.8) is 0 Å². The van der Waals surface area contributed by atoms with Crippen LogP contribution >= 0.6 is 0 Å². The third kappa shape index (κ3) is 3.02. The van der Waals surface area contributed by atoms with Gasteiger partial charge in [-0.25, -0.2) is 4.39 Å². The highest BCUT2D eigenvalue weighted by atomic mass is 19.1. The number of rotatable bonds is 4. The van der Waals surface area contributed by atoms with Gasteiger partial charge in [-0.05, 0) is 36.4 Å². The summed E-state index contributed by atoms with van der Waals surface area (Å²) in [5.41, 5.74) is 1.21. The molecule has 3 rings (SSSR count). The van der Waals surface area contributed by atoms with Gasteiger partial charge in [-0.2, -0.15) is 0 Å². The fourth-order valence-corrected chi connectivity index (χ4v) is 1.91. The van der Waals surface area contributed by atoms with E-state index in [0.717, 1.165) is 5.69 Å². The predicted molar refractivity (Wildman–Crippen MR) is 76.1 cm³/mol. The first-order valence-electron chi connectivity index (χ1n) is 6.35. The number of nitrogens with one attached hydrogen (secondary N) is 1. The maximum atomic E-state index is 12.8. The minimum absolute atomic E-state index is 0.205. The summed E-state index contributed by atoms with van der Waals surface area (Å²) in [7, 11) is 0. The van der Waals surface area contributed by atoms with Crippen LogP contribution in [0.25, 0.3) is 0 Å². The number of halogens is 1. The molecule has 2 aromatic carbocycles. The summed E-state index contributed by atoms with van der Waals surface area (Å²) in [5, 5.41) is 2.98. The van der Waals surface area contributed by atoms with Gasteiger partial charge in [0.1, 0.15) is 5.82 Å². The van der Waals surface area contributed by atoms with E-state index in [1.807, 2.05) is 6.07 Å². The van der Waals surface area contributed by atoms with E-state index in [0.29, 0.717) is 17.1 Å². The smallest absolute Gasteiger partial charge is 0.231 e. The van der Waals surface area contributed by atoms with E-state index >= 15 is 0 Å². The topological polar surface area (TPSA) is 47.6 Å². The first-order chi connectivity index (χ1) is 10.2. The molecule has 1 N–H and O–H groups in total. The minimum atomic E-state index is -0.367. The molecule has 0 atom stereocenters. The van der Waals surface area contributed by atoms with Crippen LogP contribution in [0.5, 0.6) is 11.5 Å². The molecule has 0 bridgehead atoms. The van der Waals surface area contributed by atoms with E-state index in [1.54, 1.807) is 12.1 Å². The first-order valence-corrected chi connectivity index (χ1v) is 6.35. The van der Waals surface area contributed by atoms with E-state index < -0.39 is 0 Å². The lowest BCUT2D eigenvalue weighted by atomic mass is 10.1. The van der Waals surface area contributed by atoms with E-state index in [-0.39, 0.29) is 18.4 Å². The molecule has 0 fully saturated rings. The van der Waals surface area contributed by atoms with Crippen molar-refractivity contribution in [2.24, 2.45) is 0 Å². The van der Waals surface area contributed by atoms with E-state index in [4.69, 9.17) is 9.47 Å². The van der Waals surface area contributed by atoms with Crippen molar-refractivity contribution >= 4 is 11.5 Å². The fourth-order valence-electron chi connectivity index (χ4n) is 1.91. The normalized spacial score (nSPS) is 12.6. The van der Waals surface area contributed by atoms with Gasteiger partial charge in [0.25, 0.3) is 0 Å². The number of ether oxygens (including phenoxy) is 2. The molecule has 4 nitrogen and oxygen atoms in total. The average molecular weight is 285 g/mol. The summed E-state index contributed by atoms with van der Waals surface area (Å²) in [6, 6.07) is 10.8. The lowest BCUT2D eigenvalue weighted by Gasteiger charge is -2.02. The summed E-state index contributed by atoms with van der Waals surface area (Å²) in [6.07, 6.45) is 2.92. The Bertz CT molecular complexity index is 695. The van der Waals surface area contributed by atoms with Crippen LogP contribution in [-0.4, -0.2) is 12.6 Å². The van der Waals surface area contributed by atoms with Crippen molar-refractivity contribution in [1.82, 2.24) is 0 Å². The van der Waals surface area contributed by atoms with Crippen LogP contribution in [0.4, 0.5) is 10.1 Å². The van der Waals surface area contributed by atoms with E-state index in [9.17, 15) is 9.18 Å². The second-order valence-electron chi connectivity index (χ2n) is 4.42. The number of carbonyl (C=O) groups excluding carboxylic acids is 1. The monoisotopic (exact) mass is 285 g/mol. The SMILES string of the molecule is O=C(C=CNc1ccc2c(c1)OCO2)c1ccc(F)cc1. The number of carbonyl (C=O) groups is 1. The minimum Gasteiger partial charge on any atom is -0.454 e. The van der Waals surface area contributed by atoms with Crippen molar-refractivity contribution in [1.29, 1.82) is 0 Å². The van der Waals surface area contributed by atoms with Crippen molar-refractivity contribution in [3.8, 4) is 11.5 Å². The van der Waals surface area contributed by atoms with Crippen LogP contribution in [-0.2, 0) is 0 Å². The molecular weight excluding hydrogens is 273 g/mol. The maximum Gasteiger partial charge on any atom is 0.231 e. The number of allylic oxidation sites excluding steroid dienone is 1. The van der Waals surface area contributed by atoms with Gasteiger partial charge in [-0.15, -0.1) is 0 Å². The quantitative estimate of drug-likeness (QED) is 0.691.